The van der Waals surface area contributed by atoms with Gasteiger partial charge < -0.3 is 9.73 Å². The van der Waals surface area contributed by atoms with Gasteiger partial charge in [0.1, 0.15) is 17.5 Å². The highest BCUT2D eigenvalue weighted by Crippen LogP contribution is 2.29. The largest absolute Gasteiger partial charge is 0.443 e. The number of aryl methyl sites for hydroxylation is 4. The zero-order valence-electron chi connectivity index (χ0n) is 15.6. The van der Waals surface area contributed by atoms with Gasteiger partial charge in [-0.15, -0.1) is 0 Å². The second-order valence-electron chi connectivity index (χ2n) is 7.17. The zero-order chi connectivity index (χ0) is 19.0. The van der Waals surface area contributed by atoms with Crippen LogP contribution in [0.1, 0.15) is 47.8 Å². The molecule has 0 aliphatic heterocycles. The Kier molecular flexibility index (Phi) is 4.56. The molecule has 0 saturated carbocycles. The summed E-state index contributed by atoms with van der Waals surface area (Å²) in [5, 5.41) is 3.62. The maximum absolute atomic E-state index is 12.7. The summed E-state index contributed by atoms with van der Waals surface area (Å²) in [5.41, 5.74) is 3.52. The number of nitrogens with one attached hydrogen (secondary N) is 1. The van der Waals surface area contributed by atoms with E-state index in [0.29, 0.717) is 23.4 Å². The van der Waals surface area contributed by atoms with Crippen LogP contribution >= 0.6 is 0 Å². The molecule has 0 bridgehead atoms. The van der Waals surface area contributed by atoms with Gasteiger partial charge in [-0.3, -0.25) is 14.2 Å². The van der Waals surface area contributed by atoms with Crippen LogP contribution in [-0.4, -0.2) is 15.5 Å². The second kappa shape index (κ2) is 7.02. The minimum Gasteiger partial charge on any atom is -0.443 e. The first-order valence-corrected chi connectivity index (χ1v) is 9.37. The first-order valence-electron chi connectivity index (χ1n) is 9.37. The van der Waals surface area contributed by atoms with E-state index in [4.69, 9.17) is 4.42 Å². The van der Waals surface area contributed by atoms with Gasteiger partial charge in [0, 0.05) is 18.5 Å². The van der Waals surface area contributed by atoms with Gasteiger partial charge in [0.05, 0.1) is 6.04 Å². The number of rotatable bonds is 4. The lowest BCUT2D eigenvalue weighted by Crippen LogP contribution is -2.32. The average Bonchev–Trinajstić information content (AvgIpc) is 2.96. The molecule has 0 spiro atoms. The Hall–Kier alpha value is -2.89. The van der Waals surface area contributed by atoms with E-state index < -0.39 is 0 Å². The minimum absolute atomic E-state index is 0.0520. The number of fused-ring (bicyclic) bond motifs is 2. The van der Waals surface area contributed by atoms with Gasteiger partial charge in [0.25, 0.3) is 5.56 Å². The molecule has 0 radical (unpaired) electrons. The van der Waals surface area contributed by atoms with Crippen molar-refractivity contribution in [2.75, 3.05) is 0 Å². The molecule has 2 heterocycles. The number of carbonyl (C=O) groups is 1. The maximum Gasteiger partial charge on any atom is 0.264 e. The van der Waals surface area contributed by atoms with E-state index in [-0.39, 0.29) is 23.9 Å². The summed E-state index contributed by atoms with van der Waals surface area (Å²) in [6, 6.07) is 8.32. The van der Waals surface area contributed by atoms with Crippen LogP contribution < -0.4 is 10.9 Å². The van der Waals surface area contributed by atoms with Crippen LogP contribution in [0.5, 0.6) is 0 Å². The van der Waals surface area contributed by atoms with E-state index in [1.165, 1.54) is 22.0 Å². The molecular weight excluding hydrogens is 342 g/mol. The van der Waals surface area contributed by atoms with E-state index >= 15 is 0 Å². The third-order valence-electron chi connectivity index (χ3n) is 5.44. The monoisotopic (exact) mass is 365 g/mol. The molecule has 6 nitrogen and oxygen atoms in total. The van der Waals surface area contributed by atoms with Crippen molar-refractivity contribution in [1.29, 1.82) is 0 Å². The quantitative estimate of drug-likeness (QED) is 0.770. The lowest BCUT2D eigenvalue weighted by atomic mass is 9.88. The van der Waals surface area contributed by atoms with E-state index in [9.17, 15) is 9.59 Å². The van der Waals surface area contributed by atoms with Crippen molar-refractivity contribution >= 4 is 17.0 Å². The average molecular weight is 365 g/mol. The fourth-order valence-electron chi connectivity index (χ4n) is 3.82. The summed E-state index contributed by atoms with van der Waals surface area (Å²) < 4.78 is 6.97. The lowest BCUT2D eigenvalue weighted by molar-refractivity contribution is -0.122. The summed E-state index contributed by atoms with van der Waals surface area (Å²) >= 11 is 0. The predicted octanol–water partition coefficient (Wildman–Crippen LogP) is 3.19. The number of benzene rings is 1. The predicted molar refractivity (Wildman–Crippen MR) is 103 cm³/mol. The highest BCUT2D eigenvalue weighted by molar-refractivity contribution is 5.78. The third-order valence-corrected chi connectivity index (χ3v) is 5.44. The van der Waals surface area contributed by atoms with Crippen LogP contribution in [0, 0.1) is 13.8 Å². The van der Waals surface area contributed by atoms with Gasteiger partial charge >= 0.3 is 0 Å². The van der Waals surface area contributed by atoms with Crippen LogP contribution in [-0.2, 0) is 17.8 Å². The SMILES string of the molecule is Cc1oc2ncn(CCC(=O)N[C@@H]3CCCc4ccccc43)c(=O)c2c1C. The number of carbonyl (C=O) groups excluding carboxylic acids is 1. The first kappa shape index (κ1) is 17.5. The van der Waals surface area contributed by atoms with E-state index in [0.717, 1.165) is 24.8 Å². The summed E-state index contributed by atoms with van der Waals surface area (Å²) in [6.45, 7) is 3.96. The molecule has 1 atom stereocenters. The Balaban J connectivity index is 1.46. The summed E-state index contributed by atoms with van der Waals surface area (Å²) in [6.07, 6.45) is 4.77. The number of aromatic nitrogens is 2. The Bertz CT molecular complexity index is 1060. The number of hydrogen-bond donors (Lipinski definition) is 1. The number of amides is 1. The lowest BCUT2D eigenvalue weighted by Gasteiger charge is -2.26. The molecule has 6 heteroatoms. The highest BCUT2D eigenvalue weighted by atomic mass is 16.3. The maximum atomic E-state index is 12.7. The summed E-state index contributed by atoms with van der Waals surface area (Å²) in [4.78, 5) is 29.3. The van der Waals surface area contributed by atoms with E-state index in [2.05, 4.69) is 22.4 Å². The molecule has 1 aliphatic carbocycles. The van der Waals surface area contributed by atoms with Crippen molar-refractivity contribution in [3.05, 3.63) is 63.4 Å². The molecule has 27 heavy (non-hydrogen) atoms. The fraction of sp³-hybridized carbons (Fsp3) is 0.381. The molecule has 0 saturated heterocycles. The van der Waals surface area contributed by atoms with Gasteiger partial charge in [-0.2, -0.15) is 0 Å². The van der Waals surface area contributed by atoms with Gasteiger partial charge in [0.2, 0.25) is 11.6 Å². The Morgan fingerprint density at radius 3 is 3.00 bits per heavy atom. The molecule has 0 fully saturated rings. The Morgan fingerprint density at radius 2 is 2.15 bits per heavy atom. The van der Waals surface area contributed by atoms with Crippen molar-refractivity contribution in [1.82, 2.24) is 14.9 Å². The third kappa shape index (κ3) is 3.27. The zero-order valence-corrected chi connectivity index (χ0v) is 15.6. The standard InChI is InChI=1S/C21H23N3O3/c1-13-14(2)27-20-19(13)21(26)24(12-22-20)11-10-18(25)23-17-9-5-7-15-6-3-4-8-16(15)17/h3-4,6,8,12,17H,5,7,9-11H2,1-2H3,(H,23,25)/t17-/m1/s1. The van der Waals surface area contributed by atoms with Crippen LogP contribution in [0.2, 0.25) is 0 Å². The molecule has 1 aliphatic rings. The molecule has 140 valence electrons. The van der Waals surface area contributed by atoms with Gasteiger partial charge in [-0.25, -0.2) is 4.98 Å². The van der Waals surface area contributed by atoms with Crippen molar-refractivity contribution in [3.8, 4) is 0 Å². The van der Waals surface area contributed by atoms with Gasteiger partial charge in [-0.05, 0) is 44.2 Å². The molecular formula is C21H23N3O3. The normalized spacial score (nSPS) is 16.3. The second-order valence-corrected chi connectivity index (χ2v) is 7.17. The molecule has 3 aromatic rings. The molecule has 1 amide bonds. The van der Waals surface area contributed by atoms with Crippen LogP contribution in [0.4, 0.5) is 0 Å². The van der Waals surface area contributed by atoms with Gasteiger partial charge in [-0.1, -0.05) is 24.3 Å². The first-order chi connectivity index (χ1) is 13.0. The van der Waals surface area contributed by atoms with Crippen LogP contribution in [0.25, 0.3) is 11.1 Å². The molecule has 1 N–H and O–H groups in total. The molecule has 4 rings (SSSR count). The van der Waals surface area contributed by atoms with Crippen molar-refractivity contribution in [2.45, 2.75) is 52.1 Å². The number of nitrogens with zero attached hydrogens (tertiary/aromatic N) is 2. The number of hydrogen-bond acceptors (Lipinski definition) is 4. The molecule has 2 aromatic heterocycles. The van der Waals surface area contributed by atoms with Crippen molar-refractivity contribution in [3.63, 3.8) is 0 Å². The minimum atomic E-state index is -0.162. The summed E-state index contributed by atoms with van der Waals surface area (Å²) in [7, 11) is 0. The fourth-order valence-corrected chi connectivity index (χ4v) is 3.82. The van der Waals surface area contributed by atoms with Gasteiger partial charge in [0.15, 0.2) is 0 Å². The number of furan rings is 1. The topological polar surface area (TPSA) is 77.1 Å². The van der Waals surface area contributed by atoms with Crippen molar-refractivity contribution in [2.24, 2.45) is 0 Å². The van der Waals surface area contributed by atoms with Crippen LogP contribution in [0.3, 0.4) is 0 Å². The van der Waals surface area contributed by atoms with E-state index in [1.54, 1.807) is 0 Å². The smallest absolute Gasteiger partial charge is 0.264 e. The Morgan fingerprint density at radius 1 is 1.33 bits per heavy atom. The van der Waals surface area contributed by atoms with Crippen molar-refractivity contribution < 1.29 is 9.21 Å². The van der Waals surface area contributed by atoms with Crippen LogP contribution in [0.15, 0.2) is 39.8 Å². The highest BCUT2D eigenvalue weighted by Gasteiger charge is 2.21. The van der Waals surface area contributed by atoms with E-state index in [1.807, 2.05) is 26.0 Å². The molecule has 0 unspecified atom stereocenters. The molecule has 1 aromatic carbocycles. The Labute approximate surface area is 157 Å². The summed E-state index contributed by atoms with van der Waals surface area (Å²) in [5.74, 6) is 0.643.